The van der Waals surface area contributed by atoms with Crippen LogP contribution in [0.25, 0.3) is 0 Å². The van der Waals surface area contributed by atoms with Gasteiger partial charge in [0.05, 0.1) is 40.8 Å². The third-order valence-corrected chi connectivity index (χ3v) is 9.95. The lowest BCUT2D eigenvalue weighted by Gasteiger charge is -2.40. The molecule has 3 aliphatic rings. The number of para-hydroxylation sites is 1. The van der Waals surface area contributed by atoms with Gasteiger partial charge >= 0.3 is 0 Å². The molecular formula is C35H42ClN3O5. The first-order valence-electron chi connectivity index (χ1n) is 15.3. The highest BCUT2D eigenvalue weighted by Crippen LogP contribution is 2.64. The summed E-state index contributed by atoms with van der Waals surface area (Å²) in [6.45, 7) is 13.9. The smallest absolute Gasteiger partial charge is 0.253 e. The van der Waals surface area contributed by atoms with E-state index in [-0.39, 0.29) is 36.8 Å². The molecule has 3 fully saturated rings. The van der Waals surface area contributed by atoms with E-state index in [0.29, 0.717) is 36.6 Å². The van der Waals surface area contributed by atoms with Crippen molar-refractivity contribution in [2.24, 2.45) is 17.8 Å². The lowest BCUT2D eigenvalue weighted by Crippen LogP contribution is -2.60. The van der Waals surface area contributed by atoms with Gasteiger partial charge in [-0.05, 0) is 43.4 Å². The Morgan fingerprint density at radius 1 is 1.07 bits per heavy atom. The Bertz CT molecular complexity index is 1430. The van der Waals surface area contributed by atoms with E-state index < -0.39 is 35.1 Å². The predicted octanol–water partition coefficient (Wildman–Crippen LogP) is 4.86. The highest BCUT2D eigenvalue weighted by molar-refractivity contribution is 6.34. The van der Waals surface area contributed by atoms with E-state index in [9.17, 15) is 19.5 Å². The van der Waals surface area contributed by atoms with Crippen LogP contribution < -0.4 is 4.90 Å². The van der Waals surface area contributed by atoms with E-state index >= 15 is 0 Å². The van der Waals surface area contributed by atoms with Crippen molar-refractivity contribution in [1.82, 2.24) is 9.80 Å². The van der Waals surface area contributed by atoms with Crippen LogP contribution >= 0.6 is 11.6 Å². The van der Waals surface area contributed by atoms with Crippen molar-refractivity contribution in [3.05, 3.63) is 90.5 Å². The quantitative estimate of drug-likeness (QED) is 0.343. The third-order valence-electron chi connectivity index (χ3n) is 9.63. The van der Waals surface area contributed by atoms with Gasteiger partial charge in [0, 0.05) is 19.6 Å². The molecule has 1 N–H and O–H groups in total. The van der Waals surface area contributed by atoms with Crippen LogP contribution in [-0.4, -0.2) is 75.6 Å². The molecule has 3 aliphatic heterocycles. The Kier molecular flexibility index (Phi) is 9.08. The Morgan fingerprint density at radius 3 is 2.34 bits per heavy atom. The Labute approximate surface area is 264 Å². The summed E-state index contributed by atoms with van der Waals surface area (Å²) in [5.74, 6) is -2.79. The molecule has 234 valence electrons. The largest absolute Gasteiger partial charge is 0.394 e. The number of halogens is 1. The molecule has 2 unspecified atom stereocenters. The number of carbonyl (C=O) groups is 3. The van der Waals surface area contributed by atoms with Crippen molar-refractivity contribution in [2.45, 2.75) is 63.4 Å². The molecule has 0 aromatic heterocycles. The molecule has 2 aromatic rings. The van der Waals surface area contributed by atoms with Crippen LogP contribution in [0.2, 0.25) is 5.02 Å². The third kappa shape index (κ3) is 5.17. The molecule has 5 rings (SSSR count). The fraction of sp³-hybridized carbons (Fsp3) is 0.457. The minimum absolute atomic E-state index is 0.150. The number of hydrogen-bond donors (Lipinski definition) is 1. The predicted molar refractivity (Wildman–Crippen MR) is 171 cm³/mol. The van der Waals surface area contributed by atoms with Crippen LogP contribution in [0.5, 0.6) is 0 Å². The minimum atomic E-state index is -1.25. The van der Waals surface area contributed by atoms with E-state index in [1.807, 2.05) is 51.1 Å². The fourth-order valence-electron chi connectivity index (χ4n) is 7.64. The van der Waals surface area contributed by atoms with Crippen molar-refractivity contribution >= 4 is 35.0 Å². The zero-order valence-electron chi connectivity index (χ0n) is 25.7. The van der Waals surface area contributed by atoms with E-state index in [0.717, 1.165) is 5.56 Å². The number of rotatable bonds is 12. The molecule has 2 bridgehead atoms. The molecule has 44 heavy (non-hydrogen) atoms. The van der Waals surface area contributed by atoms with E-state index in [2.05, 4.69) is 13.2 Å². The molecule has 0 saturated carbocycles. The summed E-state index contributed by atoms with van der Waals surface area (Å²) < 4.78 is 6.86. The number of amides is 3. The van der Waals surface area contributed by atoms with Crippen molar-refractivity contribution in [3.8, 4) is 0 Å². The number of ether oxygens (including phenoxy) is 1. The second kappa shape index (κ2) is 12.5. The molecule has 3 saturated heterocycles. The molecule has 0 radical (unpaired) electrons. The Balaban J connectivity index is 1.61. The topological polar surface area (TPSA) is 90.4 Å². The first kappa shape index (κ1) is 31.9. The van der Waals surface area contributed by atoms with Crippen LogP contribution in [0.4, 0.5) is 5.69 Å². The first-order chi connectivity index (χ1) is 21.0. The first-order valence-corrected chi connectivity index (χ1v) is 15.7. The van der Waals surface area contributed by atoms with Crippen LogP contribution in [0.15, 0.2) is 79.9 Å². The van der Waals surface area contributed by atoms with Gasteiger partial charge in [0.25, 0.3) is 5.91 Å². The molecule has 9 heteroatoms. The maximum absolute atomic E-state index is 14.8. The second-order valence-corrected chi connectivity index (χ2v) is 13.1. The summed E-state index contributed by atoms with van der Waals surface area (Å²) in [5, 5.41) is 11.0. The molecule has 8 nitrogen and oxygen atoms in total. The summed E-state index contributed by atoms with van der Waals surface area (Å²) in [5.41, 5.74) is -0.751. The highest BCUT2D eigenvalue weighted by atomic mass is 35.5. The molecule has 6 atom stereocenters. The lowest BCUT2D eigenvalue weighted by atomic mass is 9.66. The van der Waals surface area contributed by atoms with E-state index in [1.165, 1.54) is 9.80 Å². The standard InChI is InChI=1S/C35H42ClN3O5/c1-6-19-37(21-24-13-9-8-10-14-24)31(41)28-29-32(42)39(27(22-40)23(3)4)30(35(29)18-17-34(28,5)44-35)33(43)38(20-7-2)26-16-12-11-15-25(26)36/h6-16,23,27-30,40H,1-2,17-22H2,3-5H3/t27-,28+,29-,30?,34-,35?/m0/s1. The number of aliphatic hydroxyl groups excluding tert-OH is 1. The molecule has 1 spiro atoms. The van der Waals surface area contributed by atoms with Crippen LogP contribution in [0.3, 0.4) is 0 Å². The summed E-state index contributed by atoms with van der Waals surface area (Å²) >= 11 is 6.58. The molecular weight excluding hydrogens is 578 g/mol. The normalized spacial score (nSPS) is 27.7. The summed E-state index contributed by atoms with van der Waals surface area (Å²) in [6.07, 6.45) is 4.23. The number of aliphatic hydroxyl groups is 1. The van der Waals surface area contributed by atoms with Crippen molar-refractivity contribution in [2.75, 3.05) is 24.6 Å². The lowest BCUT2D eigenvalue weighted by molar-refractivity contribution is -0.153. The SMILES string of the molecule is C=CCN(Cc1ccccc1)C(=O)[C@H]1[C@H]2C(=O)N([C@@H](CO)C(C)C)C(C(=O)N(CC=C)c3ccccc3Cl)C23CC[C@]1(C)O3. The van der Waals surface area contributed by atoms with Gasteiger partial charge in [-0.25, -0.2) is 0 Å². The maximum Gasteiger partial charge on any atom is 0.253 e. The highest BCUT2D eigenvalue weighted by Gasteiger charge is 2.79. The maximum atomic E-state index is 14.8. The van der Waals surface area contributed by atoms with Crippen molar-refractivity contribution in [3.63, 3.8) is 0 Å². The number of hydrogen-bond acceptors (Lipinski definition) is 5. The summed E-state index contributed by atoms with van der Waals surface area (Å²) in [6, 6.07) is 15.0. The van der Waals surface area contributed by atoms with Gasteiger partial charge in [-0.2, -0.15) is 0 Å². The summed E-state index contributed by atoms with van der Waals surface area (Å²) in [4.78, 5) is 48.8. The van der Waals surface area contributed by atoms with Crippen LogP contribution in [0.1, 0.15) is 39.2 Å². The van der Waals surface area contributed by atoms with E-state index in [4.69, 9.17) is 16.3 Å². The van der Waals surface area contributed by atoms with Gasteiger partial charge in [-0.3, -0.25) is 14.4 Å². The average molecular weight is 620 g/mol. The summed E-state index contributed by atoms with van der Waals surface area (Å²) in [7, 11) is 0. The number of fused-ring (bicyclic) bond motifs is 1. The zero-order chi connectivity index (χ0) is 31.8. The fourth-order valence-corrected chi connectivity index (χ4v) is 7.88. The monoisotopic (exact) mass is 619 g/mol. The number of nitrogens with zero attached hydrogens (tertiary/aromatic N) is 3. The van der Waals surface area contributed by atoms with Crippen molar-refractivity contribution in [1.29, 1.82) is 0 Å². The van der Waals surface area contributed by atoms with Gasteiger partial charge in [0.2, 0.25) is 11.8 Å². The number of anilines is 1. The van der Waals surface area contributed by atoms with Crippen LogP contribution in [0, 0.1) is 17.8 Å². The Morgan fingerprint density at radius 2 is 1.73 bits per heavy atom. The average Bonchev–Trinajstić information content (AvgIpc) is 3.57. The number of benzene rings is 2. The van der Waals surface area contributed by atoms with Gasteiger partial charge in [0.1, 0.15) is 11.6 Å². The molecule has 3 heterocycles. The second-order valence-electron chi connectivity index (χ2n) is 12.6. The van der Waals surface area contributed by atoms with E-state index in [1.54, 1.807) is 41.3 Å². The van der Waals surface area contributed by atoms with Gasteiger partial charge < -0.3 is 24.5 Å². The van der Waals surface area contributed by atoms with Crippen LogP contribution in [-0.2, 0) is 25.7 Å². The zero-order valence-corrected chi connectivity index (χ0v) is 26.5. The van der Waals surface area contributed by atoms with Crippen molar-refractivity contribution < 1.29 is 24.2 Å². The molecule has 2 aromatic carbocycles. The molecule has 0 aliphatic carbocycles. The van der Waals surface area contributed by atoms with Gasteiger partial charge in [-0.15, -0.1) is 13.2 Å². The van der Waals surface area contributed by atoms with Gasteiger partial charge in [0.15, 0.2) is 0 Å². The minimum Gasteiger partial charge on any atom is -0.394 e. The Hall–Kier alpha value is -3.46. The van der Waals surface area contributed by atoms with Gasteiger partial charge in [-0.1, -0.05) is 80.1 Å². The number of carbonyl (C=O) groups excluding carboxylic acids is 3. The molecule has 3 amide bonds. The number of likely N-dealkylation sites (tertiary alicyclic amines) is 1.